The molecule has 4 nitrogen and oxygen atoms in total. The van der Waals surface area contributed by atoms with E-state index >= 15 is 0 Å². The Morgan fingerprint density at radius 2 is 2.00 bits per heavy atom. The van der Waals surface area contributed by atoms with Crippen LogP contribution in [-0.2, 0) is 9.59 Å². The zero-order chi connectivity index (χ0) is 21.0. The summed E-state index contributed by atoms with van der Waals surface area (Å²) in [5.41, 5.74) is 3.27. The van der Waals surface area contributed by atoms with Gasteiger partial charge in [0.05, 0.1) is 11.3 Å². The van der Waals surface area contributed by atoms with Gasteiger partial charge in [0, 0.05) is 18.0 Å². The third-order valence-corrected chi connectivity index (χ3v) is 5.76. The molecule has 0 bridgehead atoms. The second-order valence-electron chi connectivity index (χ2n) is 8.66. The van der Waals surface area contributed by atoms with Gasteiger partial charge >= 0.3 is 0 Å². The molecule has 0 aliphatic heterocycles. The van der Waals surface area contributed by atoms with E-state index in [1.54, 1.807) is 0 Å². The minimum atomic E-state index is -0.558. The van der Waals surface area contributed by atoms with Crippen LogP contribution in [-0.4, -0.2) is 23.2 Å². The summed E-state index contributed by atoms with van der Waals surface area (Å²) in [5.74, 6) is -0.809. The van der Waals surface area contributed by atoms with Crippen molar-refractivity contribution in [3.63, 3.8) is 0 Å². The van der Waals surface area contributed by atoms with E-state index in [0.717, 1.165) is 31.3 Å². The number of aliphatic hydroxyl groups excluding tert-OH is 1. The molecule has 28 heavy (non-hydrogen) atoms. The molecule has 2 atom stereocenters. The Bertz CT molecular complexity index is 752. The Labute approximate surface area is 169 Å². The third-order valence-electron chi connectivity index (χ3n) is 5.76. The molecule has 4 heteroatoms. The number of nitrogens with one attached hydrogen (secondary N) is 1. The van der Waals surface area contributed by atoms with Gasteiger partial charge in [0.2, 0.25) is 11.6 Å². The summed E-state index contributed by atoms with van der Waals surface area (Å²) in [5, 5.41) is 14.4. The van der Waals surface area contributed by atoms with Crippen molar-refractivity contribution in [3.05, 3.63) is 46.4 Å². The van der Waals surface area contributed by atoms with Gasteiger partial charge in [-0.2, -0.15) is 0 Å². The highest BCUT2D eigenvalue weighted by atomic mass is 16.3. The molecule has 0 heterocycles. The number of rotatable bonds is 8. The van der Waals surface area contributed by atoms with E-state index in [9.17, 15) is 14.7 Å². The highest BCUT2D eigenvalue weighted by Crippen LogP contribution is 2.41. The van der Waals surface area contributed by atoms with Crippen molar-refractivity contribution in [2.75, 3.05) is 6.54 Å². The summed E-state index contributed by atoms with van der Waals surface area (Å²) in [7, 11) is 0. The van der Waals surface area contributed by atoms with Crippen molar-refractivity contribution in [1.82, 2.24) is 5.32 Å². The van der Waals surface area contributed by atoms with Crippen LogP contribution < -0.4 is 5.32 Å². The first-order valence-electron chi connectivity index (χ1n) is 10.5. The van der Waals surface area contributed by atoms with E-state index < -0.39 is 11.6 Å². The fraction of sp³-hybridized carbons (Fsp3) is 0.583. The Balaban J connectivity index is 2.55. The van der Waals surface area contributed by atoms with Crippen LogP contribution in [0.1, 0.15) is 66.7 Å². The average Bonchev–Trinajstić information content (AvgIpc) is 2.62. The quantitative estimate of drug-likeness (QED) is 0.343. The molecule has 0 aromatic heterocycles. The third kappa shape index (κ3) is 4.65. The standard InChI is InChI=1S/C24H35NO3/c1-7-8-18-21(25-12-11-14(2)3)23(27)20(24(28)22(18)26)19-13-16(6)9-10-17(19)15(4)5/h13-14,17,19,25,27H,4,7-12H2,1-3,5-6H3. The number of hydrogen-bond donors (Lipinski definition) is 2. The topological polar surface area (TPSA) is 66.4 Å². The van der Waals surface area contributed by atoms with E-state index in [1.165, 1.54) is 5.57 Å². The number of aliphatic hydroxyl groups is 1. The lowest BCUT2D eigenvalue weighted by molar-refractivity contribution is -0.133. The van der Waals surface area contributed by atoms with Crippen LogP contribution in [0.3, 0.4) is 0 Å². The Hall–Kier alpha value is -2.10. The van der Waals surface area contributed by atoms with Crippen LogP contribution in [0.15, 0.2) is 46.4 Å². The number of allylic oxidation sites excluding steroid dienone is 5. The van der Waals surface area contributed by atoms with Crippen molar-refractivity contribution in [3.8, 4) is 0 Å². The highest BCUT2D eigenvalue weighted by molar-refractivity contribution is 6.50. The molecule has 2 unspecified atom stereocenters. The first-order chi connectivity index (χ1) is 13.2. The SMILES string of the molecule is C=C(C)C1CCC(C)=CC1C1=C(O)C(NCCC(C)C)=C(CCC)C(=O)C1=O. The number of carbonyl (C=O) groups is 2. The Morgan fingerprint density at radius 3 is 2.57 bits per heavy atom. The zero-order valence-electron chi connectivity index (χ0n) is 18.0. The van der Waals surface area contributed by atoms with Crippen molar-refractivity contribution in [1.29, 1.82) is 0 Å². The summed E-state index contributed by atoms with van der Waals surface area (Å²) < 4.78 is 0. The lowest BCUT2D eigenvalue weighted by atomic mass is 9.70. The van der Waals surface area contributed by atoms with Gasteiger partial charge in [-0.15, -0.1) is 0 Å². The summed E-state index contributed by atoms with van der Waals surface area (Å²) in [6.07, 6.45) is 6.00. The predicted octanol–water partition coefficient (Wildman–Crippen LogP) is 5.19. The largest absolute Gasteiger partial charge is 0.505 e. The average molecular weight is 386 g/mol. The number of Topliss-reactive ketones (excluding diaryl/α,β-unsaturated/α-hetero) is 2. The van der Waals surface area contributed by atoms with Gasteiger partial charge in [0.1, 0.15) is 5.76 Å². The van der Waals surface area contributed by atoms with Gasteiger partial charge < -0.3 is 10.4 Å². The molecule has 2 rings (SSSR count). The van der Waals surface area contributed by atoms with Crippen LogP contribution in [0.25, 0.3) is 0 Å². The molecule has 2 aliphatic carbocycles. The summed E-state index contributed by atoms with van der Waals surface area (Å²) in [4.78, 5) is 26.0. The van der Waals surface area contributed by atoms with Gasteiger partial charge in [0.15, 0.2) is 0 Å². The van der Waals surface area contributed by atoms with Gasteiger partial charge in [-0.3, -0.25) is 9.59 Å². The molecule has 0 aromatic rings. The van der Waals surface area contributed by atoms with Crippen molar-refractivity contribution >= 4 is 11.6 Å². The van der Waals surface area contributed by atoms with Gasteiger partial charge in [-0.25, -0.2) is 0 Å². The van der Waals surface area contributed by atoms with Crippen LogP contribution in [0.2, 0.25) is 0 Å². The maximum absolute atomic E-state index is 13.0. The van der Waals surface area contributed by atoms with Crippen molar-refractivity contribution < 1.29 is 14.7 Å². The van der Waals surface area contributed by atoms with Crippen LogP contribution in [0, 0.1) is 17.8 Å². The molecule has 2 N–H and O–H groups in total. The fourth-order valence-electron chi connectivity index (χ4n) is 4.14. The molecule has 0 aromatic carbocycles. The second-order valence-corrected chi connectivity index (χ2v) is 8.66. The lowest BCUT2D eigenvalue weighted by Crippen LogP contribution is -2.36. The molecular weight excluding hydrogens is 350 g/mol. The second kappa shape index (κ2) is 9.40. The monoisotopic (exact) mass is 385 g/mol. The van der Waals surface area contributed by atoms with Gasteiger partial charge in [0.25, 0.3) is 0 Å². The number of ketones is 2. The molecule has 0 fully saturated rings. The van der Waals surface area contributed by atoms with E-state index in [2.05, 4.69) is 25.7 Å². The number of hydrogen-bond acceptors (Lipinski definition) is 4. The molecular formula is C24H35NO3. The van der Waals surface area contributed by atoms with E-state index in [1.807, 2.05) is 26.8 Å². The maximum atomic E-state index is 13.0. The normalized spacial score (nSPS) is 23.4. The van der Waals surface area contributed by atoms with Crippen molar-refractivity contribution in [2.24, 2.45) is 17.8 Å². The Kier molecular flexibility index (Phi) is 7.45. The molecule has 0 amide bonds. The molecule has 0 saturated carbocycles. The van der Waals surface area contributed by atoms with Gasteiger partial charge in [-0.05, 0) is 51.4 Å². The predicted molar refractivity (Wildman–Crippen MR) is 114 cm³/mol. The summed E-state index contributed by atoms with van der Waals surface area (Å²) in [6.45, 7) is 15.0. The maximum Gasteiger partial charge on any atom is 0.233 e. The van der Waals surface area contributed by atoms with Crippen LogP contribution >= 0.6 is 0 Å². The van der Waals surface area contributed by atoms with E-state index in [4.69, 9.17) is 0 Å². The van der Waals surface area contributed by atoms with Crippen molar-refractivity contribution in [2.45, 2.75) is 66.7 Å². The smallest absolute Gasteiger partial charge is 0.233 e. The van der Waals surface area contributed by atoms with Crippen LogP contribution in [0.4, 0.5) is 0 Å². The highest BCUT2D eigenvalue weighted by Gasteiger charge is 2.41. The van der Waals surface area contributed by atoms with E-state index in [0.29, 0.717) is 30.2 Å². The molecule has 0 radical (unpaired) electrons. The zero-order valence-corrected chi connectivity index (χ0v) is 18.0. The Morgan fingerprint density at radius 1 is 1.32 bits per heavy atom. The summed E-state index contributed by atoms with van der Waals surface area (Å²) >= 11 is 0. The van der Waals surface area contributed by atoms with E-state index in [-0.39, 0.29) is 23.2 Å². The number of carbonyl (C=O) groups excluding carboxylic acids is 2. The lowest BCUT2D eigenvalue weighted by Gasteiger charge is -2.34. The summed E-state index contributed by atoms with van der Waals surface area (Å²) in [6, 6.07) is 0. The molecule has 154 valence electrons. The minimum Gasteiger partial charge on any atom is -0.505 e. The molecule has 2 aliphatic rings. The first-order valence-corrected chi connectivity index (χ1v) is 10.5. The first kappa shape index (κ1) is 22.2. The van der Waals surface area contributed by atoms with Gasteiger partial charge in [-0.1, -0.05) is 51.0 Å². The van der Waals surface area contributed by atoms with Crippen LogP contribution in [0.5, 0.6) is 0 Å². The molecule has 0 saturated heterocycles. The minimum absolute atomic E-state index is 0.0426. The molecule has 0 spiro atoms. The fourth-order valence-corrected chi connectivity index (χ4v) is 4.14.